The maximum absolute atomic E-state index is 12.6. The van der Waals surface area contributed by atoms with Crippen LogP contribution < -0.4 is 11.1 Å². The molecule has 0 aromatic carbocycles. The number of hydrogen-bond donors (Lipinski definition) is 3. The number of carbonyl (C=O) groups is 1. The Balaban J connectivity index is 2.15. The number of nitrogens with one attached hydrogen (secondary N) is 1. The molecule has 1 heterocycles. The van der Waals surface area contributed by atoms with E-state index in [1.165, 1.54) is 9.75 Å². The van der Waals surface area contributed by atoms with Crippen LogP contribution >= 0.6 is 11.3 Å². The lowest BCUT2D eigenvalue weighted by Crippen LogP contribution is -2.57. The molecule has 0 bridgehead atoms. The Morgan fingerprint density at radius 3 is 2.62 bits per heavy atom. The first-order valence-electron chi connectivity index (χ1n) is 7.16. The van der Waals surface area contributed by atoms with Gasteiger partial charge < -0.3 is 16.3 Å². The summed E-state index contributed by atoms with van der Waals surface area (Å²) in [7, 11) is 0. The van der Waals surface area contributed by atoms with Crippen molar-refractivity contribution in [2.45, 2.75) is 46.6 Å². The van der Waals surface area contributed by atoms with E-state index in [0.717, 1.165) is 5.56 Å². The summed E-state index contributed by atoms with van der Waals surface area (Å²) in [4.78, 5) is 15.1. The van der Waals surface area contributed by atoms with E-state index in [4.69, 9.17) is 10.9 Å². The molecule has 1 amide bonds. The van der Waals surface area contributed by atoms with E-state index in [9.17, 15) is 4.79 Å². The highest BCUT2D eigenvalue weighted by Crippen LogP contribution is 2.46. The van der Waals surface area contributed by atoms with Gasteiger partial charge in [0.05, 0.1) is 6.04 Å². The molecule has 0 spiro atoms. The topological polar surface area (TPSA) is 87.7 Å². The Bertz CT molecular complexity index is 573. The standard InChI is InChI=1S/C15H23N3O2S/c1-8-6-15(7-8,13(16)18-20)14(19)17-10(3)12-5-9(2)21-11(12)4/h5,8,10,20H,6-7H2,1-4H3,(H2,16,18)(H,17,19). The summed E-state index contributed by atoms with van der Waals surface area (Å²) in [6, 6.07) is 2.02. The van der Waals surface area contributed by atoms with Gasteiger partial charge in [0.15, 0.2) is 5.84 Å². The molecule has 1 unspecified atom stereocenters. The van der Waals surface area contributed by atoms with Gasteiger partial charge in [0.25, 0.3) is 0 Å². The molecule has 1 aliphatic rings. The molecule has 1 atom stereocenters. The average Bonchev–Trinajstić information content (AvgIpc) is 2.72. The Morgan fingerprint density at radius 1 is 1.57 bits per heavy atom. The number of rotatable bonds is 4. The predicted octanol–water partition coefficient (Wildman–Crippen LogP) is 2.70. The van der Waals surface area contributed by atoms with E-state index in [2.05, 4.69) is 37.3 Å². The monoisotopic (exact) mass is 309 g/mol. The van der Waals surface area contributed by atoms with E-state index < -0.39 is 5.41 Å². The summed E-state index contributed by atoms with van der Waals surface area (Å²) in [6.45, 7) is 8.14. The number of amidine groups is 1. The lowest BCUT2D eigenvalue weighted by Gasteiger charge is -2.44. The third-order valence-electron chi connectivity index (χ3n) is 4.32. The molecule has 2 rings (SSSR count). The molecular formula is C15H23N3O2S. The van der Waals surface area contributed by atoms with Crippen LogP contribution in [0.1, 0.15) is 48.0 Å². The van der Waals surface area contributed by atoms with Crippen molar-refractivity contribution >= 4 is 23.1 Å². The molecule has 1 aliphatic carbocycles. The largest absolute Gasteiger partial charge is 0.409 e. The minimum absolute atomic E-state index is 0.0171. The fourth-order valence-corrected chi connectivity index (χ4v) is 4.25. The lowest BCUT2D eigenvalue weighted by molar-refractivity contribution is -0.133. The van der Waals surface area contributed by atoms with Crippen molar-refractivity contribution in [3.63, 3.8) is 0 Å². The van der Waals surface area contributed by atoms with Crippen molar-refractivity contribution in [2.75, 3.05) is 0 Å². The highest BCUT2D eigenvalue weighted by atomic mass is 32.1. The molecule has 0 aliphatic heterocycles. The van der Waals surface area contributed by atoms with Gasteiger partial charge in [-0.05, 0) is 51.2 Å². The zero-order valence-electron chi connectivity index (χ0n) is 12.9. The number of nitrogens with zero attached hydrogens (tertiary/aromatic N) is 1. The van der Waals surface area contributed by atoms with Gasteiger partial charge in [-0.2, -0.15) is 0 Å². The second-order valence-corrected chi connectivity index (χ2v) is 7.60. The number of carbonyl (C=O) groups excluding carboxylic acids is 1. The van der Waals surface area contributed by atoms with Crippen LogP contribution in [0.2, 0.25) is 0 Å². The summed E-state index contributed by atoms with van der Waals surface area (Å²) in [5.41, 5.74) is 6.05. The molecule has 21 heavy (non-hydrogen) atoms. The van der Waals surface area contributed by atoms with Crippen LogP contribution in [-0.4, -0.2) is 17.0 Å². The van der Waals surface area contributed by atoms with E-state index in [1.54, 1.807) is 11.3 Å². The molecular weight excluding hydrogens is 286 g/mol. The number of nitrogens with two attached hydrogens (primary N) is 1. The van der Waals surface area contributed by atoms with E-state index >= 15 is 0 Å². The van der Waals surface area contributed by atoms with Gasteiger partial charge in [0, 0.05) is 9.75 Å². The number of aryl methyl sites for hydroxylation is 2. The third kappa shape index (κ3) is 2.77. The van der Waals surface area contributed by atoms with Gasteiger partial charge in [-0.3, -0.25) is 4.79 Å². The van der Waals surface area contributed by atoms with Gasteiger partial charge in [-0.1, -0.05) is 12.1 Å². The van der Waals surface area contributed by atoms with E-state index in [0.29, 0.717) is 18.8 Å². The first kappa shape index (κ1) is 15.8. The maximum atomic E-state index is 12.6. The minimum Gasteiger partial charge on any atom is -0.409 e. The predicted molar refractivity (Wildman–Crippen MR) is 84.6 cm³/mol. The smallest absolute Gasteiger partial charge is 0.234 e. The second-order valence-electron chi connectivity index (χ2n) is 6.14. The Kier molecular flexibility index (Phi) is 4.27. The summed E-state index contributed by atoms with van der Waals surface area (Å²) >= 11 is 1.72. The highest BCUT2D eigenvalue weighted by Gasteiger charge is 2.52. The Hall–Kier alpha value is -1.56. The number of hydrogen-bond acceptors (Lipinski definition) is 4. The zero-order chi connectivity index (χ0) is 15.8. The Labute approximate surface area is 129 Å². The van der Waals surface area contributed by atoms with Gasteiger partial charge in [-0.15, -0.1) is 11.3 Å². The third-order valence-corrected chi connectivity index (χ3v) is 5.30. The van der Waals surface area contributed by atoms with Crippen LogP contribution in [0, 0.1) is 25.2 Å². The van der Waals surface area contributed by atoms with Crippen molar-refractivity contribution in [3.8, 4) is 0 Å². The van der Waals surface area contributed by atoms with Crippen molar-refractivity contribution in [1.29, 1.82) is 0 Å². The molecule has 116 valence electrons. The molecule has 0 radical (unpaired) electrons. The average molecular weight is 309 g/mol. The molecule has 4 N–H and O–H groups in total. The fourth-order valence-electron chi connectivity index (χ4n) is 3.23. The molecule has 6 heteroatoms. The second kappa shape index (κ2) is 5.67. The normalized spacial score (nSPS) is 27.0. The van der Waals surface area contributed by atoms with Crippen LogP contribution in [0.4, 0.5) is 0 Å². The summed E-state index contributed by atoms with van der Waals surface area (Å²) in [5.74, 6) is 0.284. The van der Waals surface area contributed by atoms with Crippen molar-refractivity contribution in [1.82, 2.24) is 5.32 Å². The van der Waals surface area contributed by atoms with Crippen LogP contribution in [0.3, 0.4) is 0 Å². The summed E-state index contributed by atoms with van der Waals surface area (Å²) < 4.78 is 0. The minimum atomic E-state index is -0.846. The number of amides is 1. The highest BCUT2D eigenvalue weighted by molar-refractivity contribution is 7.12. The van der Waals surface area contributed by atoms with Crippen molar-refractivity contribution in [2.24, 2.45) is 22.2 Å². The maximum Gasteiger partial charge on any atom is 0.234 e. The first-order chi connectivity index (χ1) is 9.80. The number of oxime groups is 1. The van der Waals surface area contributed by atoms with Crippen molar-refractivity contribution in [3.05, 3.63) is 21.4 Å². The Morgan fingerprint density at radius 2 is 2.19 bits per heavy atom. The SMILES string of the molecule is Cc1cc(C(C)NC(=O)C2(/C(N)=N/O)CC(C)C2)c(C)s1. The van der Waals surface area contributed by atoms with Gasteiger partial charge in [0.1, 0.15) is 5.41 Å². The van der Waals surface area contributed by atoms with Gasteiger partial charge in [-0.25, -0.2) is 0 Å². The zero-order valence-corrected chi connectivity index (χ0v) is 13.8. The van der Waals surface area contributed by atoms with Crippen molar-refractivity contribution < 1.29 is 10.0 Å². The molecule has 0 saturated heterocycles. The molecule has 1 fully saturated rings. The van der Waals surface area contributed by atoms with Crippen LogP contribution in [-0.2, 0) is 4.79 Å². The quantitative estimate of drug-likeness (QED) is 0.346. The van der Waals surface area contributed by atoms with E-state index in [-0.39, 0.29) is 17.8 Å². The fraction of sp³-hybridized carbons (Fsp3) is 0.600. The van der Waals surface area contributed by atoms with Gasteiger partial charge >= 0.3 is 0 Å². The molecule has 1 aromatic heterocycles. The molecule has 5 nitrogen and oxygen atoms in total. The first-order valence-corrected chi connectivity index (χ1v) is 7.97. The van der Waals surface area contributed by atoms with Crippen LogP contribution in [0.5, 0.6) is 0 Å². The lowest BCUT2D eigenvalue weighted by atomic mass is 9.61. The summed E-state index contributed by atoms with van der Waals surface area (Å²) in [6.07, 6.45) is 1.26. The van der Waals surface area contributed by atoms with Gasteiger partial charge in [0.2, 0.25) is 5.91 Å². The summed E-state index contributed by atoms with van der Waals surface area (Å²) in [5, 5.41) is 15.1. The molecule has 1 aromatic rings. The van der Waals surface area contributed by atoms with Crippen LogP contribution in [0.25, 0.3) is 0 Å². The molecule has 1 saturated carbocycles. The van der Waals surface area contributed by atoms with Crippen LogP contribution in [0.15, 0.2) is 11.2 Å². The number of thiophene rings is 1. The van der Waals surface area contributed by atoms with E-state index in [1.807, 2.05) is 6.92 Å².